The summed E-state index contributed by atoms with van der Waals surface area (Å²) in [6.45, 7) is 0. The van der Waals surface area contributed by atoms with Crippen molar-refractivity contribution in [3.05, 3.63) is 52.5 Å². The van der Waals surface area contributed by atoms with E-state index in [4.69, 9.17) is 0 Å². The minimum absolute atomic E-state index is 0.215. The summed E-state index contributed by atoms with van der Waals surface area (Å²) in [5.41, 5.74) is 3.62. The van der Waals surface area contributed by atoms with Gasteiger partial charge in [0.05, 0.1) is 5.39 Å². The first-order chi connectivity index (χ1) is 11.1. The highest BCUT2D eigenvalue weighted by molar-refractivity contribution is 6.05. The number of nitrogens with zero attached hydrogens (tertiary/aromatic N) is 3. The van der Waals surface area contributed by atoms with Gasteiger partial charge in [-0.1, -0.05) is 30.4 Å². The van der Waals surface area contributed by atoms with Gasteiger partial charge < -0.3 is 0 Å². The molecular weight excluding hydrogens is 292 g/mol. The number of fused-ring (bicyclic) bond motifs is 2. The normalized spacial score (nSPS) is 23.8. The molecule has 0 spiro atoms. The number of aromatic nitrogens is 2. The van der Waals surface area contributed by atoms with E-state index in [1.54, 1.807) is 24.3 Å². The number of carbonyl (C=O) groups excluding carboxylic acids is 1. The van der Waals surface area contributed by atoms with Crippen LogP contribution in [0.1, 0.15) is 23.3 Å². The molecule has 6 nitrogen and oxygen atoms in total. The van der Waals surface area contributed by atoms with E-state index in [0.717, 1.165) is 18.6 Å². The molecule has 2 aromatic rings. The Morgan fingerprint density at radius 3 is 2.91 bits per heavy atom. The maximum atomic E-state index is 12.4. The molecule has 2 aliphatic rings. The summed E-state index contributed by atoms with van der Waals surface area (Å²) >= 11 is 0. The minimum atomic E-state index is -0.390. The Balaban J connectivity index is 1.64. The average molecular weight is 308 g/mol. The molecule has 1 N–H and O–H groups in total. The first kappa shape index (κ1) is 13.9. The van der Waals surface area contributed by atoms with Crippen LogP contribution in [0.2, 0.25) is 0 Å². The Morgan fingerprint density at radius 1 is 1.35 bits per heavy atom. The second kappa shape index (κ2) is 5.15. The lowest BCUT2D eigenvalue weighted by molar-refractivity contribution is 0.0948. The number of hydrogen-bond donors (Lipinski definition) is 1. The van der Waals surface area contributed by atoms with Crippen LogP contribution in [0.4, 0.5) is 0 Å². The number of aryl methyl sites for hydroxylation is 1. The standard InChI is InChI=1S/C17H16N4O2/c1-21-17(23)13-7-3-2-6-12(13)15(20-21)16(22)19-18-14-9-10-5-4-8-11(10)14/h2-7,10-11H,8-9H2,1H3,(H,19,22)/b18-14+/t10-,11+/m0/s1. The molecule has 4 rings (SSSR count). The van der Waals surface area contributed by atoms with Crippen molar-refractivity contribution in [2.45, 2.75) is 12.8 Å². The molecule has 23 heavy (non-hydrogen) atoms. The predicted octanol–water partition coefficient (Wildman–Crippen LogP) is 1.62. The van der Waals surface area contributed by atoms with Crippen molar-refractivity contribution in [1.29, 1.82) is 0 Å². The zero-order valence-electron chi connectivity index (χ0n) is 12.7. The highest BCUT2D eigenvalue weighted by Crippen LogP contribution is 2.40. The van der Waals surface area contributed by atoms with E-state index in [1.165, 1.54) is 11.7 Å². The fraction of sp³-hybridized carbons (Fsp3) is 0.294. The lowest BCUT2D eigenvalue weighted by Crippen LogP contribution is -2.36. The van der Waals surface area contributed by atoms with Crippen LogP contribution in [0.15, 0.2) is 46.3 Å². The Morgan fingerprint density at radius 2 is 2.13 bits per heavy atom. The first-order valence-corrected chi connectivity index (χ1v) is 7.64. The van der Waals surface area contributed by atoms with Crippen LogP contribution in [0.25, 0.3) is 10.8 Å². The monoisotopic (exact) mass is 308 g/mol. The van der Waals surface area contributed by atoms with Gasteiger partial charge in [0.2, 0.25) is 0 Å². The predicted molar refractivity (Wildman–Crippen MR) is 87.2 cm³/mol. The number of benzene rings is 1. The molecule has 6 heteroatoms. The van der Waals surface area contributed by atoms with Gasteiger partial charge in [0, 0.05) is 24.1 Å². The Hall–Kier alpha value is -2.76. The van der Waals surface area contributed by atoms with Gasteiger partial charge in [-0.2, -0.15) is 10.2 Å². The number of allylic oxidation sites excluding steroid dienone is 2. The SMILES string of the molecule is Cn1nc(C(=O)N/N=C2\C[C@@H]3C=CC[C@@H]23)c2ccccc2c1=O. The lowest BCUT2D eigenvalue weighted by Gasteiger charge is -2.31. The molecule has 116 valence electrons. The summed E-state index contributed by atoms with van der Waals surface area (Å²) in [6.07, 6.45) is 6.29. The van der Waals surface area contributed by atoms with E-state index in [1.807, 2.05) is 0 Å². The third-order valence-electron chi connectivity index (χ3n) is 4.64. The summed E-state index contributed by atoms with van der Waals surface area (Å²) < 4.78 is 1.19. The van der Waals surface area contributed by atoms with E-state index in [9.17, 15) is 9.59 Å². The third-order valence-corrected chi connectivity index (χ3v) is 4.64. The summed E-state index contributed by atoms with van der Waals surface area (Å²) in [5.74, 6) is 0.640. The number of nitrogens with one attached hydrogen (secondary N) is 1. The minimum Gasteiger partial charge on any atom is -0.267 e. The van der Waals surface area contributed by atoms with Crippen LogP contribution >= 0.6 is 0 Å². The number of hydrazone groups is 1. The van der Waals surface area contributed by atoms with Crippen molar-refractivity contribution < 1.29 is 4.79 Å². The van der Waals surface area contributed by atoms with Gasteiger partial charge in [0.15, 0.2) is 5.69 Å². The van der Waals surface area contributed by atoms with E-state index in [2.05, 4.69) is 27.8 Å². The fourth-order valence-electron chi connectivity index (χ4n) is 3.31. The molecule has 2 atom stereocenters. The van der Waals surface area contributed by atoms with Crippen LogP contribution in [0.3, 0.4) is 0 Å². The number of hydrogen-bond acceptors (Lipinski definition) is 4. The molecule has 0 unspecified atom stereocenters. The smallest absolute Gasteiger partial charge is 0.267 e. The van der Waals surface area contributed by atoms with Gasteiger partial charge in [-0.25, -0.2) is 10.1 Å². The molecule has 2 aliphatic carbocycles. The van der Waals surface area contributed by atoms with E-state index >= 15 is 0 Å². The molecule has 0 bridgehead atoms. The molecule has 0 radical (unpaired) electrons. The molecule has 1 heterocycles. The highest BCUT2D eigenvalue weighted by Gasteiger charge is 2.38. The van der Waals surface area contributed by atoms with Crippen molar-refractivity contribution in [2.24, 2.45) is 24.0 Å². The van der Waals surface area contributed by atoms with Gasteiger partial charge in [-0.15, -0.1) is 0 Å². The van der Waals surface area contributed by atoms with Crippen LogP contribution in [0.5, 0.6) is 0 Å². The van der Waals surface area contributed by atoms with Gasteiger partial charge >= 0.3 is 0 Å². The van der Waals surface area contributed by atoms with Crippen LogP contribution in [0, 0.1) is 11.8 Å². The second-order valence-electron chi connectivity index (χ2n) is 6.01. The zero-order valence-corrected chi connectivity index (χ0v) is 12.7. The summed E-state index contributed by atoms with van der Waals surface area (Å²) in [5, 5.41) is 9.38. The Kier molecular flexibility index (Phi) is 3.11. The fourth-order valence-corrected chi connectivity index (χ4v) is 3.31. The first-order valence-electron chi connectivity index (χ1n) is 7.64. The molecule has 1 amide bonds. The molecule has 1 aromatic carbocycles. The van der Waals surface area contributed by atoms with Gasteiger partial charge in [-0.3, -0.25) is 9.59 Å². The van der Waals surface area contributed by atoms with E-state index in [-0.39, 0.29) is 11.3 Å². The Labute approximate surface area is 132 Å². The number of amides is 1. The van der Waals surface area contributed by atoms with E-state index in [0.29, 0.717) is 22.6 Å². The third kappa shape index (κ3) is 2.18. The summed E-state index contributed by atoms with van der Waals surface area (Å²) in [7, 11) is 1.54. The van der Waals surface area contributed by atoms with E-state index < -0.39 is 5.91 Å². The van der Waals surface area contributed by atoms with Gasteiger partial charge in [-0.05, 0) is 24.8 Å². The van der Waals surface area contributed by atoms with Crippen molar-refractivity contribution in [3.8, 4) is 0 Å². The average Bonchev–Trinajstić information content (AvgIpc) is 2.92. The molecular formula is C17H16N4O2. The van der Waals surface area contributed by atoms with Crippen molar-refractivity contribution in [2.75, 3.05) is 0 Å². The van der Waals surface area contributed by atoms with Gasteiger partial charge in [0.1, 0.15) is 0 Å². The second-order valence-corrected chi connectivity index (χ2v) is 6.01. The maximum absolute atomic E-state index is 12.4. The summed E-state index contributed by atoms with van der Waals surface area (Å²) in [4.78, 5) is 24.5. The maximum Gasteiger partial charge on any atom is 0.292 e. The summed E-state index contributed by atoms with van der Waals surface area (Å²) in [6, 6.07) is 6.98. The number of rotatable bonds is 2. The molecule has 1 aromatic heterocycles. The van der Waals surface area contributed by atoms with Crippen LogP contribution in [-0.2, 0) is 7.05 Å². The van der Waals surface area contributed by atoms with Crippen molar-refractivity contribution >= 4 is 22.4 Å². The molecule has 0 saturated heterocycles. The zero-order chi connectivity index (χ0) is 16.0. The van der Waals surface area contributed by atoms with Gasteiger partial charge in [0.25, 0.3) is 11.5 Å². The quantitative estimate of drug-likeness (QED) is 0.676. The molecule has 1 fully saturated rings. The van der Waals surface area contributed by atoms with Crippen LogP contribution < -0.4 is 11.0 Å². The van der Waals surface area contributed by atoms with Crippen molar-refractivity contribution in [1.82, 2.24) is 15.2 Å². The molecule has 0 aliphatic heterocycles. The topological polar surface area (TPSA) is 76.3 Å². The van der Waals surface area contributed by atoms with Crippen molar-refractivity contribution in [3.63, 3.8) is 0 Å². The highest BCUT2D eigenvalue weighted by atomic mass is 16.2. The largest absolute Gasteiger partial charge is 0.292 e. The number of carbonyl (C=O) groups is 1. The molecule has 1 saturated carbocycles. The Bertz CT molecular complexity index is 926. The lowest BCUT2D eigenvalue weighted by atomic mass is 9.74. The van der Waals surface area contributed by atoms with Crippen LogP contribution in [-0.4, -0.2) is 21.4 Å².